The van der Waals surface area contributed by atoms with Gasteiger partial charge in [0.1, 0.15) is 5.54 Å². The van der Waals surface area contributed by atoms with Crippen molar-refractivity contribution in [1.29, 1.82) is 0 Å². The van der Waals surface area contributed by atoms with Gasteiger partial charge in [0, 0.05) is 23.8 Å². The summed E-state index contributed by atoms with van der Waals surface area (Å²) in [4.78, 5) is 42.1. The normalized spacial score (nSPS) is 28.4. The third-order valence-corrected chi connectivity index (χ3v) is 7.31. The number of amides is 3. The topological polar surface area (TPSA) is 78.5 Å². The van der Waals surface area contributed by atoms with E-state index in [0.29, 0.717) is 13.0 Å². The van der Waals surface area contributed by atoms with Gasteiger partial charge in [-0.05, 0) is 36.5 Å². The molecule has 2 aromatic rings. The van der Waals surface area contributed by atoms with Crippen LogP contribution in [0.4, 0.5) is 5.69 Å². The number of aryl methyl sites for hydroxylation is 1. The summed E-state index contributed by atoms with van der Waals surface area (Å²) >= 11 is 0. The highest BCUT2D eigenvalue weighted by atomic mass is 16.2. The highest BCUT2D eigenvalue weighted by Crippen LogP contribution is 2.53. The smallest absolute Gasteiger partial charge is 0.250 e. The monoisotopic (exact) mass is 431 g/mol. The first-order chi connectivity index (χ1) is 15.5. The molecular formula is C26H29N3O3. The van der Waals surface area contributed by atoms with Crippen LogP contribution < -0.4 is 10.6 Å². The van der Waals surface area contributed by atoms with Crippen LogP contribution in [0, 0.1) is 11.8 Å². The standard InChI is InChI=1S/C26H29N3O3/c1-3-5-13-29-23(30)21-20(15-17-9-7-6-8-10-17)28-26(22(21)24(29)31)18-14-16(4-2)11-12-19(18)27-25(26)32/h6-12,14,20-22,28H,3-5,13,15H2,1-2H3,(H,27,32). The first kappa shape index (κ1) is 20.9. The zero-order valence-electron chi connectivity index (χ0n) is 18.6. The number of fused-ring (bicyclic) bond motifs is 4. The summed E-state index contributed by atoms with van der Waals surface area (Å²) in [5.41, 5.74) is 2.49. The average Bonchev–Trinajstić information content (AvgIpc) is 3.37. The number of carbonyl (C=O) groups excluding carboxylic acids is 3. The number of nitrogens with one attached hydrogen (secondary N) is 2. The Hall–Kier alpha value is -2.99. The van der Waals surface area contributed by atoms with Gasteiger partial charge in [-0.15, -0.1) is 0 Å². The van der Waals surface area contributed by atoms with Crippen molar-refractivity contribution in [2.24, 2.45) is 11.8 Å². The van der Waals surface area contributed by atoms with Gasteiger partial charge in [0.05, 0.1) is 11.8 Å². The number of anilines is 1. The van der Waals surface area contributed by atoms with Crippen LogP contribution in [0.2, 0.25) is 0 Å². The summed E-state index contributed by atoms with van der Waals surface area (Å²) < 4.78 is 0. The lowest BCUT2D eigenvalue weighted by molar-refractivity contribution is -0.142. The van der Waals surface area contributed by atoms with Gasteiger partial charge in [-0.2, -0.15) is 0 Å². The van der Waals surface area contributed by atoms with E-state index in [1.165, 1.54) is 4.90 Å². The minimum Gasteiger partial charge on any atom is -0.324 e. The highest BCUT2D eigenvalue weighted by Gasteiger charge is 2.70. The van der Waals surface area contributed by atoms with Gasteiger partial charge < -0.3 is 5.32 Å². The van der Waals surface area contributed by atoms with Crippen LogP contribution in [-0.2, 0) is 32.8 Å². The molecule has 0 radical (unpaired) electrons. The molecular weight excluding hydrogens is 402 g/mol. The zero-order valence-corrected chi connectivity index (χ0v) is 18.6. The molecule has 4 unspecified atom stereocenters. The Morgan fingerprint density at radius 2 is 1.75 bits per heavy atom. The van der Waals surface area contributed by atoms with Crippen molar-refractivity contribution in [3.63, 3.8) is 0 Å². The second kappa shape index (κ2) is 7.85. The van der Waals surface area contributed by atoms with E-state index in [4.69, 9.17) is 0 Å². The number of rotatable bonds is 6. The Morgan fingerprint density at radius 1 is 0.969 bits per heavy atom. The maximum Gasteiger partial charge on any atom is 0.250 e. The van der Waals surface area contributed by atoms with E-state index in [1.54, 1.807) is 0 Å². The molecule has 2 fully saturated rings. The molecule has 6 heteroatoms. The number of likely N-dealkylation sites (tertiary alicyclic amines) is 1. The minimum absolute atomic E-state index is 0.147. The van der Waals surface area contributed by atoms with Crippen molar-refractivity contribution in [2.75, 3.05) is 11.9 Å². The zero-order chi connectivity index (χ0) is 22.5. The van der Waals surface area contributed by atoms with Gasteiger partial charge in [-0.1, -0.05) is 62.7 Å². The second-order valence-electron chi connectivity index (χ2n) is 9.12. The molecule has 2 aromatic carbocycles. The van der Waals surface area contributed by atoms with E-state index in [2.05, 4.69) is 17.6 Å². The molecule has 2 saturated heterocycles. The van der Waals surface area contributed by atoms with Gasteiger partial charge >= 0.3 is 0 Å². The lowest BCUT2D eigenvalue weighted by atomic mass is 9.76. The largest absolute Gasteiger partial charge is 0.324 e. The van der Waals surface area contributed by atoms with E-state index in [0.717, 1.165) is 41.6 Å². The van der Waals surface area contributed by atoms with Crippen molar-refractivity contribution in [3.05, 3.63) is 65.2 Å². The summed E-state index contributed by atoms with van der Waals surface area (Å²) in [6.45, 7) is 4.53. The lowest BCUT2D eigenvalue weighted by Gasteiger charge is -2.30. The van der Waals surface area contributed by atoms with Crippen molar-refractivity contribution >= 4 is 23.4 Å². The fourth-order valence-electron chi connectivity index (χ4n) is 5.71. The predicted molar refractivity (Wildman–Crippen MR) is 122 cm³/mol. The number of imide groups is 1. The number of benzene rings is 2. The molecule has 1 spiro atoms. The van der Waals surface area contributed by atoms with Crippen LogP contribution in [0.1, 0.15) is 43.4 Å². The van der Waals surface area contributed by atoms with E-state index in [-0.39, 0.29) is 23.8 Å². The van der Waals surface area contributed by atoms with Crippen LogP contribution >= 0.6 is 0 Å². The van der Waals surface area contributed by atoms with Gasteiger partial charge in [0.25, 0.3) is 0 Å². The summed E-state index contributed by atoms with van der Waals surface area (Å²) in [7, 11) is 0. The van der Waals surface area contributed by atoms with Crippen LogP contribution in [-0.4, -0.2) is 35.2 Å². The molecule has 166 valence electrons. The van der Waals surface area contributed by atoms with Crippen LogP contribution in [0.5, 0.6) is 0 Å². The maximum atomic E-state index is 13.7. The molecule has 5 rings (SSSR count). The number of nitrogens with zero attached hydrogens (tertiary/aromatic N) is 1. The first-order valence-electron chi connectivity index (χ1n) is 11.6. The van der Waals surface area contributed by atoms with Crippen molar-refractivity contribution in [1.82, 2.24) is 10.2 Å². The third-order valence-electron chi connectivity index (χ3n) is 7.31. The molecule has 3 amide bonds. The molecule has 3 aliphatic rings. The van der Waals surface area contributed by atoms with E-state index in [1.807, 2.05) is 55.5 Å². The summed E-state index contributed by atoms with van der Waals surface area (Å²) in [5, 5.41) is 6.52. The minimum atomic E-state index is -1.21. The van der Waals surface area contributed by atoms with E-state index < -0.39 is 17.4 Å². The van der Waals surface area contributed by atoms with Crippen molar-refractivity contribution < 1.29 is 14.4 Å². The Morgan fingerprint density at radius 3 is 2.47 bits per heavy atom. The molecule has 3 aliphatic heterocycles. The molecule has 2 N–H and O–H groups in total. The third kappa shape index (κ3) is 2.93. The molecule has 0 aliphatic carbocycles. The quantitative estimate of drug-likeness (QED) is 0.690. The molecule has 6 nitrogen and oxygen atoms in total. The molecule has 32 heavy (non-hydrogen) atoms. The maximum absolute atomic E-state index is 13.7. The van der Waals surface area contributed by atoms with Crippen molar-refractivity contribution in [3.8, 4) is 0 Å². The number of hydrogen-bond donors (Lipinski definition) is 2. The van der Waals surface area contributed by atoms with Gasteiger partial charge in [0.2, 0.25) is 17.7 Å². The second-order valence-corrected chi connectivity index (χ2v) is 9.12. The van der Waals surface area contributed by atoms with E-state index >= 15 is 0 Å². The van der Waals surface area contributed by atoms with Gasteiger partial charge in [-0.25, -0.2) is 0 Å². The molecule has 3 heterocycles. The number of hydrogen-bond acceptors (Lipinski definition) is 4. The summed E-state index contributed by atoms with van der Waals surface area (Å²) in [5.74, 6) is -1.88. The summed E-state index contributed by atoms with van der Waals surface area (Å²) in [6, 6.07) is 15.6. The lowest BCUT2D eigenvalue weighted by Crippen LogP contribution is -2.53. The van der Waals surface area contributed by atoms with Crippen LogP contribution in [0.25, 0.3) is 0 Å². The number of unbranched alkanes of at least 4 members (excludes halogenated alkanes) is 1. The molecule has 0 saturated carbocycles. The molecule has 0 aromatic heterocycles. The molecule has 4 atom stereocenters. The Bertz CT molecular complexity index is 1080. The van der Waals surface area contributed by atoms with Gasteiger partial charge in [-0.3, -0.25) is 24.6 Å². The Balaban J connectivity index is 1.62. The van der Waals surface area contributed by atoms with Crippen molar-refractivity contribution in [2.45, 2.75) is 51.1 Å². The Kier molecular flexibility index (Phi) is 5.13. The predicted octanol–water partition coefficient (Wildman–Crippen LogP) is 3.01. The van der Waals surface area contributed by atoms with E-state index in [9.17, 15) is 14.4 Å². The first-order valence-corrected chi connectivity index (χ1v) is 11.6. The average molecular weight is 432 g/mol. The fourth-order valence-corrected chi connectivity index (χ4v) is 5.71. The van der Waals surface area contributed by atoms with Crippen LogP contribution in [0.15, 0.2) is 48.5 Å². The van der Waals surface area contributed by atoms with Crippen LogP contribution in [0.3, 0.4) is 0 Å². The summed E-state index contributed by atoms with van der Waals surface area (Å²) in [6.07, 6.45) is 3.07. The molecule has 0 bridgehead atoms. The van der Waals surface area contributed by atoms with Gasteiger partial charge in [0.15, 0.2) is 0 Å². The highest BCUT2D eigenvalue weighted by molar-refractivity contribution is 6.15. The SMILES string of the molecule is CCCCN1C(=O)C2C(Cc3ccccc3)NC3(C(=O)Nc4ccc(CC)cc43)C2C1=O. The fraction of sp³-hybridized carbons (Fsp3) is 0.423. The Labute approximate surface area is 188 Å². The number of carbonyl (C=O) groups is 3.